The van der Waals surface area contributed by atoms with E-state index in [1.807, 2.05) is 36.0 Å². The minimum Gasteiger partial charge on any atom is -0.486 e. The Bertz CT molecular complexity index is 1110. The van der Waals surface area contributed by atoms with Gasteiger partial charge in [0.2, 0.25) is 5.84 Å². The molecule has 2 amide bonds. The van der Waals surface area contributed by atoms with E-state index < -0.39 is 11.9 Å². The molecular formula is C22H22N6O3. The van der Waals surface area contributed by atoms with E-state index in [4.69, 9.17) is 4.74 Å². The van der Waals surface area contributed by atoms with Gasteiger partial charge in [-0.15, -0.1) is 0 Å². The van der Waals surface area contributed by atoms with Crippen molar-refractivity contribution >= 4 is 29.0 Å². The Morgan fingerprint density at radius 1 is 1.16 bits per heavy atom. The molecule has 31 heavy (non-hydrogen) atoms. The molecule has 0 bridgehead atoms. The van der Waals surface area contributed by atoms with Crippen LogP contribution in [0.3, 0.4) is 0 Å². The molecule has 2 heterocycles. The molecule has 9 heteroatoms. The monoisotopic (exact) mass is 418 g/mol. The Labute approximate surface area is 179 Å². The topological polar surface area (TPSA) is 101 Å². The average molecular weight is 418 g/mol. The third kappa shape index (κ3) is 4.55. The summed E-state index contributed by atoms with van der Waals surface area (Å²) in [7, 11) is 1.90. The van der Waals surface area contributed by atoms with E-state index in [0.29, 0.717) is 23.7 Å². The van der Waals surface area contributed by atoms with E-state index >= 15 is 0 Å². The molecule has 1 aliphatic rings. The zero-order valence-corrected chi connectivity index (χ0v) is 17.1. The zero-order chi connectivity index (χ0) is 21.8. The molecule has 0 radical (unpaired) electrons. The van der Waals surface area contributed by atoms with Crippen LogP contribution in [0, 0.1) is 0 Å². The predicted octanol–water partition coefficient (Wildman–Crippen LogP) is 2.28. The van der Waals surface area contributed by atoms with Gasteiger partial charge in [-0.25, -0.2) is 15.0 Å². The number of ether oxygens (including phenoxy) is 1. The first kappa shape index (κ1) is 20.1. The largest absolute Gasteiger partial charge is 0.486 e. The number of aromatic nitrogens is 2. The number of anilines is 2. The molecular weight excluding hydrogens is 396 g/mol. The Morgan fingerprint density at radius 3 is 2.58 bits per heavy atom. The molecule has 0 saturated heterocycles. The molecule has 158 valence electrons. The number of aliphatic imine (C=N–C) groups is 1. The van der Waals surface area contributed by atoms with Crippen molar-refractivity contribution < 1.29 is 14.3 Å². The van der Waals surface area contributed by atoms with E-state index in [0.717, 1.165) is 5.82 Å². The minimum atomic E-state index is -0.677. The second kappa shape index (κ2) is 8.70. The molecule has 1 aliphatic heterocycles. The van der Waals surface area contributed by atoms with Crippen LogP contribution in [-0.4, -0.2) is 33.2 Å². The first-order valence-electron chi connectivity index (χ1n) is 9.75. The summed E-state index contributed by atoms with van der Waals surface area (Å²) in [6, 6.07) is 15.4. The zero-order valence-electron chi connectivity index (χ0n) is 17.1. The number of para-hydroxylation sites is 1. The van der Waals surface area contributed by atoms with Gasteiger partial charge in [-0.1, -0.05) is 18.2 Å². The van der Waals surface area contributed by atoms with Crippen LogP contribution in [0.5, 0.6) is 5.75 Å². The summed E-state index contributed by atoms with van der Waals surface area (Å²) in [6.45, 7) is 2.00. The highest BCUT2D eigenvalue weighted by molar-refractivity contribution is 6.43. The number of rotatable bonds is 6. The van der Waals surface area contributed by atoms with Crippen LogP contribution < -0.4 is 20.5 Å². The van der Waals surface area contributed by atoms with Gasteiger partial charge in [-0.05, 0) is 43.3 Å². The summed E-state index contributed by atoms with van der Waals surface area (Å²) in [5.41, 5.74) is 4.02. The molecule has 1 aromatic heterocycles. The maximum Gasteiger partial charge on any atom is 0.292 e. The lowest BCUT2D eigenvalue weighted by atomic mass is 10.2. The number of hydrogen-bond acceptors (Lipinski definition) is 6. The van der Waals surface area contributed by atoms with Crippen molar-refractivity contribution in [3.05, 3.63) is 72.8 Å². The van der Waals surface area contributed by atoms with E-state index in [2.05, 4.69) is 20.7 Å². The van der Waals surface area contributed by atoms with Crippen molar-refractivity contribution in [2.45, 2.75) is 19.6 Å². The number of imidazole rings is 1. The molecule has 4 rings (SSSR count). The van der Waals surface area contributed by atoms with Gasteiger partial charge < -0.3 is 14.6 Å². The van der Waals surface area contributed by atoms with E-state index in [1.165, 1.54) is 5.01 Å². The van der Waals surface area contributed by atoms with Crippen molar-refractivity contribution in [2.75, 3.05) is 10.3 Å². The van der Waals surface area contributed by atoms with Crippen molar-refractivity contribution in [1.29, 1.82) is 0 Å². The maximum absolute atomic E-state index is 12.7. The van der Waals surface area contributed by atoms with Crippen LogP contribution in [0.4, 0.5) is 11.4 Å². The smallest absolute Gasteiger partial charge is 0.292 e. The molecule has 0 fully saturated rings. The second-order valence-electron chi connectivity index (χ2n) is 7.00. The third-order valence-electron chi connectivity index (χ3n) is 4.75. The number of carbonyl (C=O) groups excluding carboxylic acids is 2. The minimum absolute atomic E-state index is 0.0612. The first-order valence-corrected chi connectivity index (χ1v) is 9.75. The Hall–Kier alpha value is -4.14. The van der Waals surface area contributed by atoms with Crippen molar-refractivity contribution in [2.24, 2.45) is 12.0 Å². The third-order valence-corrected chi connectivity index (χ3v) is 4.75. The Kier molecular flexibility index (Phi) is 5.65. The number of amidine groups is 1. The van der Waals surface area contributed by atoms with Gasteiger partial charge in [0.1, 0.15) is 24.2 Å². The number of carbonyl (C=O) groups is 2. The fraction of sp³-hybridized carbons (Fsp3) is 0.182. The molecule has 2 N–H and O–H groups in total. The predicted molar refractivity (Wildman–Crippen MR) is 117 cm³/mol. The Balaban J connectivity index is 1.40. The summed E-state index contributed by atoms with van der Waals surface area (Å²) in [4.78, 5) is 33.6. The highest BCUT2D eigenvalue weighted by Crippen LogP contribution is 2.18. The summed E-state index contributed by atoms with van der Waals surface area (Å²) in [6.07, 6.45) is 3.57. The average Bonchev–Trinajstić information content (AvgIpc) is 3.20. The summed E-state index contributed by atoms with van der Waals surface area (Å²) in [5.74, 6) is 0.846. The van der Waals surface area contributed by atoms with Crippen LogP contribution in [-0.2, 0) is 23.2 Å². The lowest BCUT2D eigenvalue weighted by molar-refractivity contribution is -0.120. The van der Waals surface area contributed by atoms with E-state index in [1.54, 1.807) is 49.5 Å². The fourth-order valence-electron chi connectivity index (χ4n) is 3.01. The van der Waals surface area contributed by atoms with Gasteiger partial charge in [0.05, 0.1) is 5.69 Å². The van der Waals surface area contributed by atoms with Gasteiger partial charge in [0.15, 0.2) is 0 Å². The summed E-state index contributed by atoms with van der Waals surface area (Å²) >= 11 is 0. The summed E-state index contributed by atoms with van der Waals surface area (Å²) < 4.78 is 7.61. The highest BCUT2D eigenvalue weighted by atomic mass is 16.5. The van der Waals surface area contributed by atoms with Gasteiger partial charge in [-0.3, -0.25) is 15.0 Å². The van der Waals surface area contributed by atoms with Crippen molar-refractivity contribution in [3.63, 3.8) is 0 Å². The lowest BCUT2D eigenvalue weighted by Gasteiger charge is -2.30. The maximum atomic E-state index is 12.7. The number of benzene rings is 2. The van der Waals surface area contributed by atoms with Gasteiger partial charge in [0.25, 0.3) is 11.8 Å². The number of hydrazine groups is 1. The van der Waals surface area contributed by atoms with E-state index in [9.17, 15) is 9.59 Å². The molecule has 2 aromatic carbocycles. The van der Waals surface area contributed by atoms with Crippen molar-refractivity contribution in [3.8, 4) is 5.75 Å². The van der Waals surface area contributed by atoms with Gasteiger partial charge >= 0.3 is 0 Å². The number of nitrogens with one attached hydrogen (secondary N) is 2. The van der Waals surface area contributed by atoms with Gasteiger partial charge in [0, 0.05) is 25.1 Å². The summed E-state index contributed by atoms with van der Waals surface area (Å²) in [5, 5.41) is 4.12. The Morgan fingerprint density at radius 2 is 1.90 bits per heavy atom. The van der Waals surface area contributed by atoms with Crippen LogP contribution in [0.15, 0.2) is 72.0 Å². The highest BCUT2D eigenvalue weighted by Gasteiger charge is 2.30. The number of hydrogen-bond donors (Lipinski definition) is 2. The molecule has 0 aliphatic carbocycles. The van der Waals surface area contributed by atoms with Crippen LogP contribution in [0.25, 0.3) is 0 Å². The van der Waals surface area contributed by atoms with E-state index in [-0.39, 0.29) is 11.7 Å². The van der Waals surface area contributed by atoms with Crippen molar-refractivity contribution in [1.82, 2.24) is 15.0 Å². The quantitative estimate of drug-likeness (QED) is 0.640. The molecule has 1 unspecified atom stereocenters. The molecule has 9 nitrogen and oxygen atoms in total. The van der Waals surface area contributed by atoms with Crippen LogP contribution >= 0.6 is 0 Å². The first-order chi connectivity index (χ1) is 15.0. The molecule has 0 spiro atoms. The molecule has 3 aromatic rings. The lowest BCUT2D eigenvalue weighted by Crippen LogP contribution is -2.57. The number of amides is 2. The second-order valence-corrected chi connectivity index (χ2v) is 7.00. The fourth-order valence-corrected chi connectivity index (χ4v) is 3.01. The normalized spacial score (nSPS) is 15.8. The van der Waals surface area contributed by atoms with Crippen LogP contribution in [0.2, 0.25) is 0 Å². The van der Waals surface area contributed by atoms with Crippen LogP contribution in [0.1, 0.15) is 12.7 Å². The standard InChI is InChI=1S/C22H22N6O3/c1-15-22(30)28(17-6-4-3-5-7-17)26-20(24-15)21(29)25-16-8-10-18(11-9-16)31-14-19-23-12-13-27(19)2/h3-13,15H,14H2,1-2H3,(H,24,26)(H,25,29). The molecule has 0 saturated carbocycles. The SMILES string of the molecule is CC1N=C(C(=O)Nc2ccc(OCc3nccn3C)cc2)NN(c2ccccc2)C1=O. The molecule has 1 atom stereocenters. The van der Waals surface area contributed by atoms with Gasteiger partial charge in [-0.2, -0.15) is 0 Å². The number of aryl methyl sites for hydroxylation is 1. The number of nitrogens with zero attached hydrogens (tertiary/aromatic N) is 4.